The lowest BCUT2D eigenvalue weighted by atomic mass is 10.2. The molecule has 0 aliphatic heterocycles. The van der Waals surface area contributed by atoms with E-state index in [1.165, 1.54) is 0 Å². The van der Waals surface area contributed by atoms with Gasteiger partial charge in [0.1, 0.15) is 5.75 Å². The van der Waals surface area contributed by atoms with Gasteiger partial charge < -0.3 is 20.0 Å². The van der Waals surface area contributed by atoms with Crippen LogP contribution in [0.5, 0.6) is 5.75 Å². The first-order chi connectivity index (χ1) is 10.3. The van der Waals surface area contributed by atoms with E-state index in [0.29, 0.717) is 13.2 Å². The zero-order chi connectivity index (χ0) is 14.7. The molecule has 21 heavy (non-hydrogen) atoms. The van der Waals surface area contributed by atoms with Crippen LogP contribution in [0.2, 0.25) is 0 Å². The van der Waals surface area contributed by atoms with E-state index in [2.05, 4.69) is 15.3 Å². The van der Waals surface area contributed by atoms with Crippen molar-refractivity contribution < 1.29 is 4.74 Å². The third kappa shape index (κ3) is 2.91. The molecule has 2 aromatic carbocycles. The lowest BCUT2D eigenvalue weighted by molar-refractivity contribution is 0.337. The number of anilines is 1. The molecule has 0 spiro atoms. The molecule has 0 aliphatic carbocycles. The smallest absolute Gasteiger partial charge is 0.323 e. The molecule has 0 radical (unpaired) electrons. The van der Waals surface area contributed by atoms with E-state index < -0.39 is 0 Å². The molecule has 0 aliphatic rings. The standard InChI is InChI=1S/C16H17N3O2/c1-2-21-15-6-4-3-5-11(15)10-17-12-7-8-13-14(9-12)19-16(20)18-13/h3-9,17H,2,10H2,1H3,(H2,18,19,20). The molecule has 0 bridgehead atoms. The number of H-pyrrole nitrogens is 2. The number of aromatic amines is 2. The Morgan fingerprint density at radius 1 is 1.10 bits per heavy atom. The highest BCUT2D eigenvalue weighted by Gasteiger charge is 2.03. The van der Waals surface area contributed by atoms with Crippen LogP contribution >= 0.6 is 0 Å². The van der Waals surface area contributed by atoms with Crippen LogP contribution in [0, 0.1) is 0 Å². The number of hydrogen-bond donors (Lipinski definition) is 3. The number of rotatable bonds is 5. The lowest BCUT2D eigenvalue weighted by Crippen LogP contribution is -2.03. The highest BCUT2D eigenvalue weighted by Crippen LogP contribution is 2.20. The quantitative estimate of drug-likeness (QED) is 0.674. The largest absolute Gasteiger partial charge is 0.494 e. The SMILES string of the molecule is CCOc1ccccc1CNc1ccc2[nH]c(=O)[nH]c2c1. The molecule has 5 heteroatoms. The van der Waals surface area contributed by atoms with Crippen LogP contribution in [-0.2, 0) is 6.54 Å². The first-order valence-electron chi connectivity index (χ1n) is 6.93. The van der Waals surface area contributed by atoms with Gasteiger partial charge in [-0.3, -0.25) is 0 Å². The molecule has 1 heterocycles. The molecule has 1 aromatic heterocycles. The summed E-state index contributed by atoms with van der Waals surface area (Å²) in [4.78, 5) is 16.7. The van der Waals surface area contributed by atoms with Gasteiger partial charge in [-0.05, 0) is 31.2 Å². The maximum absolute atomic E-state index is 11.2. The fourth-order valence-electron chi connectivity index (χ4n) is 2.29. The van der Waals surface area contributed by atoms with E-state index in [0.717, 1.165) is 28.0 Å². The van der Waals surface area contributed by atoms with E-state index in [1.807, 2.05) is 49.4 Å². The number of para-hydroxylation sites is 1. The number of benzene rings is 2. The number of imidazole rings is 1. The summed E-state index contributed by atoms with van der Waals surface area (Å²) in [5, 5.41) is 3.35. The van der Waals surface area contributed by atoms with Crippen molar-refractivity contribution in [1.29, 1.82) is 0 Å². The monoisotopic (exact) mass is 283 g/mol. The maximum Gasteiger partial charge on any atom is 0.323 e. The zero-order valence-corrected chi connectivity index (χ0v) is 11.8. The number of aromatic nitrogens is 2. The Labute approximate surface area is 122 Å². The molecule has 0 atom stereocenters. The summed E-state index contributed by atoms with van der Waals surface area (Å²) in [6.07, 6.45) is 0. The Morgan fingerprint density at radius 3 is 2.76 bits per heavy atom. The van der Waals surface area contributed by atoms with Crippen LogP contribution in [0.3, 0.4) is 0 Å². The zero-order valence-electron chi connectivity index (χ0n) is 11.8. The highest BCUT2D eigenvalue weighted by atomic mass is 16.5. The molecule has 0 amide bonds. The molecular formula is C16H17N3O2. The topological polar surface area (TPSA) is 69.9 Å². The van der Waals surface area contributed by atoms with Crippen molar-refractivity contribution in [3.05, 3.63) is 58.5 Å². The molecule has 0 saturated carbocycles. The molecular weight excluding hydrogens is 266 g/mol. The maximum atomic E-state index is 11.2. The Hall–Kier alpha value is -2.69. The van der Waals surface area contributed by atoms with Gasteiger partial charge in [-0.1, -0.05) is 18.2 Å². The molecule has 0 unspecified atom stereocenters. The van der Waals surface area contributed by atoms with Crippen LogP contribution in [0.1, 0.15) is 12.5 Å². The normalized spacial score (nSPS) is 10.7. The summed E-state index contributed by atoms with van der Waals surface area (Å²) in [6.45, 7) is 3.28. The van der Waals surface area contributed by atoms with Crippen LogP contribution < -0.4 is 15.7 Å². The van der Waals surface area contributed by atoms with Crippen LogP contribution in [0.15, 0.2) is 47.3 Å². The second-order valence-electron chi connectivity index (χ2n) is 4.73. The van der Waals surface area contributed by atoms with E-state index in [-0.39, 0.29) is 5.69 Å². The van der Waals surface area contributed by atoms with Crippen LogP contribution in [0.4, 0.5) is 5.69 Å². The highest BCUT2D eigenvalue weighted by molar-refractivity contribution is 5.78. The fraction of sp³-hybridized carbons (Fsp3) is 0.188. The lowest BCUT2D eigenvalue weighted by Gasteiger charge is -2.11. The third-order valence-electron chi connectivity index (χ3n) is 3.27. The molecule has 5 nitrogen and oxygen atoms in total. The van der Waals surface area contributed by atoms with Crippen molar-refractivity contribution in [2.24, 2.45) is 0 Å². The third-order valence-corrected chi connectivity index (χ3v) is 3.27. The van der Waals surface area contributed by atoms with Gasteiger partial charge >= 0.3 is 5.69 Å². The van der Waals surface area contributed by atoms with Crippen molar-refractivity contribution in [2.75, 3.05) is 11.9 Å². The van der Waals surface area contributed by atoms with E-state index >= 15 is 0 Å². The average molecular weight is 283 g/mol. The van der Waals surface area contributed by atoms with Gasteiger partial charge in [-0.25, -0.2) is 4.79 Å². The summed E-state index contributed by atoms with van der Waals surface area (Å²) in [5.74, 6) is 0.892. The molecule has 3 rings (SSSR count). The van der Waals surface area contributed by atoms with E-state index in [9.17, 15) is 4.79 Å². The molecule has 0 fully saturated rings. The van der Waals surface area contributed by atoms with Gasteiger partial charge in [0.2, 0.25) is 0 Å². The minimum atomic E-state index is -0.191. The van der Waals surface area contributed by atoms with Gasteiger partial charge in [0, 0.05) is 17.8 Å². The molecule has 108 valence electrons. The second-order valence-corrected chi connectivity index (χ2v) is 4.73. The summed E-state index contributed by atoms with van der Waals surface area (Å²) in [5.41, 5.74) is 3.46. The Bertz CT molecular complexity index is 804. The van der Waals surface area contributed by atoms with Crippen LogP contribution in [0.25, 0.3) is 11.0 Å². The van der Waals surface area contributed by atoms with Crippen molar-refractivity contribution >= 4 is 16.7 Å². The van der Waals surface area contributed by atoms with Gasteiger partial charge in [-0.2, -0.15) is 0 Å². The minimum absolute atomic E-state index is 0.191. The first kappa shape index (κ1) is 13.3. The summed E-state index contributed by atoms with van der Waals surface area (Å²) in [7, 11) is 0. The molecule has 3 aromatic rings. The van der Waals surface area contributed by atoms with Crippen LogP contribution in [-0.4, -0.2) is 16.6 Å². The number of ether oxygens (including phenoxy) is 1. The van der Waals surface area contributed by atoms with Crippen molar-refractivity contribution in [1.82, 2.24) is 9.97 Å². The van der Waals surface area contributed by atoms with E-state index in [4.69, 9.17) is 4.74 Å². The van der Waals surface area contributed by atoms with Gasteiger partial charge in [0.15, 0.2) is 0 Å². The predicted octanol–water partition coefficient (Wildman–Crippen LogP) is 2.87. The Balaban J connectivity index is 1.78. The number of hydrogen-bond acceptors (Lipinski definition) is 3. The molecule has 3 N–H and O–H groups in total. The van der Waals surface area contributed by atoms with Gasteiger partial charge in [-0.15, -0.1) is 0 Å². The van der Waals surface area contributed by atoms with Gasteiger partial charge in [0.05, 0.1) is 17.6 Å². The minimum Gasteiger partial charge on any atom is -0.494 e. The van der Waals surface area contributed by atoms with Crippen molar-refractivity contribution in [3.8, 4) is 5.75 Å². The van der Waals surface area contributed by atoms with Gasteiger partial charge in [0.25, 0.3) is 0 Å². The van der Waals surface area contributed by atoms with Crippen molar-refractivity contribution in [2.45, 2.75) is 13.5 Å². The Kier molecular flexibility index (Phi) is 3.64. The second kappa shape index (κ2) is 5.75. The summed E-state index contributed by atoms with van der Waals surface area (Å²) >= 11 is 0. The summed E-state index contributed by atoms with van der Waals surface area (Å²) < 4.78 is 5.61. The summed E-state index contributed by atoms with van der Waals surface area (Å²) in [6, 6.07) is 13.7. The number of fused-ring (bicyclic) bond motifs is 1. The van der Waals surface area contributed by atoms with Crippen molar-refractivity contribution in [3.63, 3.8) is 0 Å². The number of nitrogens with one attached hydrogen (secondary N) is 3. The fourth-order valence-corrected chi connectivity index (χ4v) is 2.29. The predicted molar refractivity (Wildman–Crippen MR) is 83.9 cm³/mol. The first-order valence-corrected chi connectivity index (χ1v) is 6.93. The Morgan fingerprint density at radius 2 is 1.90 bits per heavy atom. The molecule has 0 saturated heterocycles. The average Bonchev–Trinajstić information content (AvgIpc) is 2.86. The van der Waals surface area contributed by atoms with E-state index in [1.54, 1.807) is 0 Å².